The molecule has 0 aromatic heterocycles. The summed E-state index contributed by atoms with van der Waals surface area (Å²) < 4.78 is 0. The number of hydrogen-bond acceptors (Lipinski definition) is 3. The normalized spacial score (nSPS) is 8.57. The molecule has 3 nitrogen and oxygen atoms in total. The zero-order valence-electron chi connectivity index (χ0n) is 5.33. The van der Waals surface area contributed by atoms with Gasteiger partial charge in [-0.1, -0.05) is 0 Å². The topological polar surface area (TPSA) is 60.7 Å². The summed E-state index contributed by atoms with van der Waals surface area (Å²) in [5.74, 6) is 0. The van der Waals surface area contributed by atoms with E-state index < -0.39 is 6.10 Å². The molecule has 0 bridgehead atoms. The van der Waals surface area contributed by atoms with Crippen molar-refractivity contribution in [1.82, 2.24) is 0 Å². The first-order valence-corrected chi connectivity index (χ1v) is 1.71. The first-order chi connectivity index (χ1) is 2.81. The molecule has 4 heteroatoms. The van der Waals surface area contributed by atoms with Crippen LogP contribution in [0.25, 0.3) is 0 Å². The van der Waals surface area contributed by atoms with E-state index in [0.717, 1.165) is 0 Å². The molecule has 3 N–H and O–H groups in total. The smallest absolute Gasteiger partial charge is 1.00 e. The van der Waals surface area contributed by atoms with Gasteiger partial charge in [-0.3, -0.25) is 0 Å². The van der Waals surface area contributed by atoms with Crippen LogP contribution in [0.2, 0.25) is 0 Å². The van der Waals surface area contributed by atoms with Crippen LogP contribution in [0.4, 0.5) is 0 Å². The number of aliphatic hydroxyl groups excluding tert-OH is 3. The summed E-state index contributed by atoms with van der Waals surface area (Å²) in [7, 11) is 0. The van der Waals surface area contributed by atoms with Gasteiger partial charge in [-0.05, 0) is 0 Å². The Labute approximate surface area is 55.6 Å². The van der Waals surface area contributed by atoms with Crippen molar-refractivity contribution in [3.63, 3.8) is 0 Å². The van der Waals surface area contributed by atoms with Gasteiger partial charge < -0.3 is 16.7 Å². The molecule has 0 heterocycles. The van der Waals surface area contributed by atoms with E-state index in [1.165, 1.54) is 0 Å². The van der Waals surface area contributed by atoms with Gasteiger partial charge in [0.05, 0.1) is 13.2 Å². The fraction of sp³-hybridized carbons (Fsp3) is 1.00. The van der Waals surface area contributed by atoms with Gasteiger partial charge in [-0.15, -0.1) is 0 Å². The quantitative estimate of drug-likeness (QED) is 0.306. The molecule has 7 heavy (non-hydrogen) atoms. The molecule has 0 unspecified atom stereocenters. The maximum Gasteiger partial charge on any atom is 1.00 e. The summed E-state index contributed by atoms with van der Waals surface area (Å²) >= 11 is 0. The molecule has 0 rings (SSSR count). The predicted octanol–water partition coefficient (Wildman–Crippen LogP) is -4.55. The molecule has 0 aliphatic heterocycles. The van der Waals surface area contributed by atoms with E-state index >= 15 is 0 Å². The Bertz CT molecular complexity index is 33.7. The molecule has 0 radical (unpaired) electrons. The Balaban J connectivity index is -0.000000125. The van der Waals surface area contributed by atoms with Gasteiger partial charge >= 0.3 is 18.9 Å². The van der Waals surface area contributed by atoms with Crippen LogP contribution in [0.5, 0.6) is 0 Å². The van der Waals surface area contributed by atoms with Crippen molar-refractivity contribution in [2.45, 2.75) is 6.10 Å². The van der Waals surface area contributed by atoms with Crippen molar-refractivity contribution in [2.75, 3.05) is 13.2 Å². The Morgan fingerprint density at radius 2 is 1.57 bits per heavy atom. The van der Waals surface area contributed by atoms with Crippen LogP contribution in [-0.4, -0.2) is 34.6 Å². The predicted molar refractivity (Wildman–Crippen MR) is 21.3 cm³/mol. The van der Waals surface area contributed by atoms with E-state index in [-0.39, 0.29) is 33.5 Å². The largest absolute Gasteiger partial charge is 1.00 e. The minimum Gasteiger partial charge on any atom is -1.00 e. The molecule has 0 aliphatic carbocycles. The van der Waals surface area contributed by atoms with Gasteiger partial charge in [0, 0.05) is 0 Å². The van der Waals surface area contributed by atoms with Crippen LogP contribution in [0.15, 0.2) is 0 Å². The standard InChI is InChI=1S/C3H8O3.Li.H/c4-1-3(6)2-5;;/h3-6H,1-2H2;;/q;+1;-1. The molecular formula is C3H9LiO3. The molecular weight excluding hydrogens is 91.0 g/mol. The molecule has 0 aromatic rings. The van der Waals surface area contributed by atoms with Gasteiger partial charge in [0.25, 0.3) is 0 Å². The van der Waals surface area contributed by atoms with Gasteiger partial charge in [-0.2, -0.15) is 0 Å². The summed E-state index contributed by atoms with van der Waals surface area (Å²) in [6.45, 7) is -0.729. The fourth-order valence-corrected chi connectivity index (χ4v) is 0.0577. The third kappa shape index (κ3) is 6.48. The van der Waals surface area contributed by atoms with Crippen LogP contribution >= 0.6 is 0 Å². The van der Waals surface area contributed by atoms with Crippen molar-refractivity contribution < 1.29 is 35.6 Å². The van der Waals surface area contributed by atoms with Crippen LogP contribution in [0.1, 0.15) is 1.43 Å². The monoisotopic (exact) mass is 100 g/mol. The SMILES string of the molecule is OCC(O)CO.[H-].[Li+]. The molecule has 0 saturated heterocycles. The van der Waals surface area contributed by atoms with E-state index in [1.807, 2.05) is 0 Å². The molecule has 0 aliphatic rings. The molecule has 0 atom stereocenters. The fourth-order valence-electron chi connectivity index (χ4n) is 0.0577. The van der Waals surface area contributed by atoms with Crippen molar-refractivity contribution >= 4 is 0 Å². The minimum atomic E-state index is -0.954. The third-order valence-electron chi connectivity index (χ3n) is 0.421. The molecule has 40 valence electrons. The Morgan fingerprint density at radius 1 is 1.29 bits per heavy atom. The summed E-state index contributed by atoms with van der Waals surface area (Å²) in [5.41, 5.74) is 0. The summed E-state index contributed by atoms with van der Waals surface area (Å²) in [4.78, 5) is 0. The van der Waals surface area contributed by atoms with Crippen molar-refractivity contribution in [2.24, 2.45) is 0 Å². The molecule has 0 fully saturated rings. The van der Waals surface area contributed by atoms with Crippen molar-refractivity contribution in [3.8, 4) is 0 Å². The van der Waals surface area contributed by atoms with E-state index in [1.54, 1.807) is 0 Å². The maximum atomic E-state index is 8.17. The van der Waals surface area contributed by atoms with Crippen molar-refractivity contribution in [1.29, 1.82) is 0 Å². The average molecular weight is 100 g/mol. The van der Waals surface area contributed by atoms with Crippen LogP contribution in [0, 0.1) is 0 Å². The minimum absolute atomic E-state index is 0. The van der Waals surface area contributed by atoms with Gasteiger partial charge in [0.15, 0.2) is 0 Å². The second-order valence-corrected chi connectivity index (χ2v) is 1.02. The van der Waals surface area contributed by atoms with E-state index in [2.05, 4.69) is 0 Å². The Morgan fingerprint density at radius 3 is 1.57 bits per heavy atom. The summed E-state index contributed by atoms with van der Waals surface area (Å²) in [6, 6.07) is 0. The van der Waals surface area contributed by atoms with Crippen molar-refractivity contribution in [3.05, 3.63) is 0 Å². The van der Waals surface area contributed by atoms with Gasteiger partial charge in [0.2, 0.25) is 0 Å². The third-order valence-corrected chi connectivity index (χ3v) is 0.421. The second kappa shape index (κ2) is 6.48. The number of rotatable bonds is 2. The first kappa shape index (κ1) is 10.5. The molecule has 0 amide bonds. The average Bonchev–Trinajstić information content (AvgIpc) is 1.65. The van der Waals surface area contributed by atoms with E-state index in [9.17, 15) is 0 Å². The Hall–Kier alpha value is 0.477. The Kier molecular flexibility index (Phi) is 9.68. The summed E-state index contributed by atoms with van der Waals surface area (Å²) in [6.07, 6.45) is -0.954. The first-order valence-electron chi connectivity index (χ1n) is 1.71. The number of aliphatic hydroxyl groups is 3. The molecule has 0 saturated carbocycles. The second-order valence-electron chi connectivity index (χ2n) is 1.02. The van der Waals surface area contributed by atoms with E-state index in [0.29, 0.717) is 0 Å². The van der Waals surface area contributed by atoms with Crippen LogP contribution < -0.4 is 18.9 Å². The van der Waals surface area contributed by atoms with E-state index in [4.69, 9.17) is 15.3 Å². The van der Waals surface area contributed by atoms with Crippen LogP contribution in [-0.2, 0) is 0 Å². The van der Waals surface area contributed by atoms with Gasteiger partial charge in [-0.25, -0.2) is 0 Å². The molecule has 0 aromatic carbocycles. The maximum absolute atomic E-state index is 8.17. The molecule has 0 spiro atoms. The summed E-state index contributed by atoms with van der Waals surface area (Å²) in [5, 5.41) is 24.0. The number of hydrogen-bond donors (Lipinski definition) is 3. The zero-order valence-corrected chi connectivity index (χ0v) is 4.33. The zero-order chi connectivity index (χ0) is 4.99. The van der Waals surface area contributed by atoms with Crippen LogP contribution in [0.3, 0.4) is 0 Å². The van der Waals surface area contributed by atoms with Gasteiger partial charge in [0.1, 0.15) is 6.10 Å².